The number of carbonyl (C=O) groups excluding carboxylic acids is 2. The van der Waals surface area contributed by atoms with Crippen molar-refractivity contribution in [2.24, 2.45) is 0 Å². The number of nitrogens with zero attached hydrogens (tertiary/aromatic N) is 3. The van der Waals surface area contributed by atoms with Gasteiger partial charge in [0.1, 0.15) is 0 Å². The van der Waals surface area contributed by atoms with Crippen LogP contribution in [0.25, 0.3) is 0 Å². The number of amides is 2. The van der Waals surface area contributed by atoms with Gasteiger partial charge in [-0.15, -0.1) is 0 Å². The molecule has 1 aliphatic rings. The van der Waals surface area contributed by atoms with Crippen molar-refractivity contribution in [1.82, 2.24) is 14.4 Å². The Morgan fingerprint density at radius 2 is 1.36 bits per heavy atom. The second kappa shape index (κ2) is 10.5. The van der Waals surface area contributed by atoms with Crippen LogP contribution in [0.15, 0.2) is 66.7 Å². The number of rotatable bonds is 7. The Morgan fingerprint density at radius 1 is 0.788 bits per heavy atom. The predicted molar refractivity (Wildman–Crippen MR) is 131 cm³/mol. The molecule has 0 spiro atoms. The van der Waals surface area contributed by atoms with E-state index in [4.69, 9.17) is 0 Å². The fourth-order valence-corrected chi connectivity index (χ4v) is 4.60. The zero-order valence-corrected chi connectivity index (χ0v) is 19.7. The molecule has 3 aromatic rings. The first-order chi connectivity index (χ1) is 16.0. The summed E-state index contributed by atoms with van der Waals surface area (Å²) in [4.78, 5) is 29.7. The maximum absolute atomic E-state index is 13.3. The third kappa shape index (κ3) is 5.54. The lowest BCUT2D eigenvalue weighted by Gasteiger charge is -2.35. The van der Waals surface area contributed by atoms with Crippen molar-refractivity contribution in [3.8, 4) is 0 Å². The van der Waals surface area contributed by atoms with Crippen LogP contribution >= 0.6 is 0 Å². The Hall–Kier alpha value is -3.34. The summed E-state index contributed by atoms with van der Waals surface area (Å²) in [5.41, 5.74) is 5.35. The van der Waals surface area contributed by atoms with E-state index in [0.717, 1.165) is 36.3 Å². The average molecular weight is 444 g/mol. The SMILES string of the molecule is Cc1cc(C(=O)N2CCN(C(=O)CCCc3ccccc3)CC2)c(C)n1Cc1ccccc1. The molecule has 2 amide bonds. The molecule has 0 N–H and O–H groups in total. The summed E-state index contributed by atoms with van der Waals surface area (Å²) < 4.78 is 2.20. The van der Waals surface area contributed by atoms with Gasteiger partial charge in [-0.1, -0.05) is 60.7 Å². The van der Waals surface area contributed by atoms with E-state index in [-0.39, 0.29) is 11.8 Å². The van der Waals surface area contributed by atoms with Crippen LogP contribution in [0.3, 0.4) is 0 Å². The molecule has 1 aliphatic heterocycles. The van der Waals surface area contributed by atoms with E-state index in [9.17, 15) is 9.59 Å². The number of carbonyl (C=O) groups is 2. The first kappa shape index (κ1) is 22.8. The first-order valence-electron chi connectivity index (χ1n) is 11.8. The molecule has 0 radical (unpaired) electrons. The van der Waals surface area contributed by atoms with E-state index in [1.54, 1.807) is 0 Å². The van der Waals surface area contributed by atoms with Crippen molar-refractivity contribution in [3.63, 3.8) is 0 Å². The normalized spacial score (nSPS) is 13.9. The molecule has 2 aromatic carbocycles. The summed E-state index contributed by atoms with van der Waals surface area (Å²) in [5, 5.41) is 0. The highest BCUT2D eigenvalue weighted by Gasteiger charge is 2.27. The lowest BCUT2D eigenvalue weighted by Crippen LogP contribution is -2.50. The van der Waals surface area contributed by atoms with Gasteiger partial charge in [0.25, 0.3) is 5.91 Å². The van der Waals surface area contributed by atoms with Crippen molar-refractivity contribution >= 4 is 11.8 Å². The molecule has 0 saturated carbocycles. The van der Waals surface area contributed by atoms with Crippen LogP contribution in [0.4, 0.5) is 0 Å². The third-order valence-electron chi connectivity index (χ3n) is 6.61. The number of benzene rings is 2. The zero-order valence-electron chi connectivity index (χ0n) is 19.7. The van der Waals surface area contributed by atoms with Crippen molar-refractivity contribution in [3.05, 3.63) is 94.8 Å². The monoisotopic (exact) mass is 443 g/mol. The molecular weight excluding hydrogens is 410 g/mol. The Kier molecular flexibility index (Phi) is 7.28. The summed E-state index contributed by atoms with van der Waals surface area (Å²) in [6.45, 7) is 7.24. The topological polar surface area (TPSA) is 45.6 Å². The van der Waals surface area contributed by atoms with Crippen LogP contribution in [0.1, 0.15) is 45.7 Å². The standard InChI is InChI=1S/C28H33N3O2/c1-22-20-26(23(2)31(22)21-25-12-7-4-8-13-25)28(33)30-18-16-29(17-19-30)27(32)15-9-14-24-10-5-3-6-11-24/h3-8,10-13,20H,9,14-19,21H2,1-2H3. The molecule has 2 heterocycles. The first-order valence-corrected chi connectivity index (χ1v) is 11.8. The second-order valence-electron chi connectivity index (χ2n) is 8.87. The van der Waals surface area contributed by atoms with E-state index in [0.29, 0.717) is 32.6 Å². The van der Waals surface area contributed by atoms with Gasteiger partial charge in [0, 0.05) is 50.5 Å². The Bertz CT molecular complexity index is 1080. The number of aromatic nitrogens is 1. The molecule has 5 nitrogen and oxygen atoms in total. The fourth-order valence-electron chi connectivity index (χ4n) is 4.60. The summed E-state index contributed by atoms with van der Waals surface area (Å²) in [6, 6.07) is 22.6. The highest BCUT2D eigenvalue weighted by molar-refractivity contribution is 5.96. The number of hydrogen-bond acceptors (Lipinski definition) is 2. The molecule has 4 rings (SSSR count). The van der Waals surface area contributed by atoms with Crippen LogP contribution in [0, 0.1) is 13.8 Å². The molecule has 172 valence electrons. The number of piperazine rings is 1. The molecule has 33 heavy (non-hydrogen) atoms. The van der Waals surface area contributed by atoms with Gasteiger partial charge in [-0.2, -0.15) is 0 Å². The average Bonchev–Trinajstić information content (AvgIpc) is 3.13. The quantitative estimate of drug-likeness (QED) is 0.541. The summed E-state index contributed by atoms with van der Waals surface area (Å²) in [7, 11) is 0. The van der Waals surface area contributed by atoms with Crippen LogP contribution in [-0.4, -0.2) is 52.4 Å². The van der Waals surface area contributed by atoms with E-state index in [2.05, 4.69) is 35.8 Å². The maximum Gasteiger partial charge on any atom is 0.255 e. The number of hydrogen-bond donors (Lipinski definition) is 0. The lowest BCUT2D eigenvalue weighted by molar-refractivity contribution is -0.132. The molecule has 0 bridgehead atoms. The molecule has 0 unspecified atom stereocenters. The van der Waals surface area contributed by atoms with Gasteiger partial charge in [0.2, 0.25) is 5.91 Å². The Morgan fingerprint density at radius 3 is 2.00 bits per heavy atom. The van der Waals surface area contributed by atoms with Crippen LogP contribution in [0.5, 0.6) is 0 Å². The van der Waals surface area contributed by atoms with Crippen molar-refractivity contribution in [1.29, 1.82) is 0 Å². The van der Waals surface area contributed by atoms with E-state index in [1.165, 1.54) is 11.1 Å². The van der Waals surface area contributed by atoms with Crippen LogP contribution in [-0.2, 0) is 17.8 Å². The zero-order chi connectivity index (χ0) is 23.2. The molecule has 0 aliphatic carbocycles. The predicted octanol–water partition coefficient (Wildman–Crippen LogP) is 4.46. The van der Waals surface area contributed by atoms with Gasteiger partial charge in [-0.25, -0.2) is 0 Å². The maximum atomic E-state index is 13.3. The second-order valence-corrected chi connectivity index (χ2v) is 8.87. The van der Waals surface area contributed by atoms with Gasteiger partial charge in [0.15, 0.2) is 0 Å². The molecule has 1 fully saturated rings. The smallest absolute Gasteiger partial charge is 0.255 e. The van der Waals surface area contributed by atoms with Crippen LogP contribution in [0.2, 0.25) is 0 Å². The number of aryl methyl sites for hydroxylation is 2. The fraction of sp³-hybridized carbons (Fsp3) is 0.357. The van der Waals surface area contributed by atoms with E-state index in [1.807, 2.05) is 59.2 Å². The lowest BCUT2D eigenvalue weighted by atomic mass is 10.1. The van der Waals surface area contributed by atoms with Crippen molar-refractivity contribution in [2.45, 2.75) is 39.7 Å². The summed E-state index contributed by atoms with van der Waals surface area (Å²) >= 11 is 0. The van der Waals surface area contributed by atoms with Gasteiger partial charge < -0.3 is 14.4 Å². The van der Waals surface area contributed by atoms with Crippen LogP contribution < -0.4 is 0 Å². The largest absolute Gasteiger partial charge is 0.344 e. The molecular formula is C28H33N3O2. The minimum Gasteiger partial charge on any atom is -0.344 e. The summed E-state index contributed by atoms with van der Waals surface area (Å²) in [5.74, 6) is 0.262. The minimum atomic E-state index is 0.0681. The van der Waals surface area contributed by atoms with E-state index >= 15 is 0 Å². The third-order valence-corrected chi connectivity index (χ3v) is 6.61. The highest BCUT2D eigenvalue weighted by Crippen LogP contribution is 2.20. The van der Waals surface area contributed by atoms with Gasteiger partial charge in [0.05, 0.1) is 5.56 Å². The minimum absolute atomic E-state index is 0.0681. The van der Waals surface area contributed by atoms with E-state index < -0.39 is 0 Å². The highest BCUT2D eigenvalue weighted by atomic mass is 16.2. The molecule has 1 aromatic heterocycles. The molecule has 1 saturated heterocycles. The Labute approximate surface area is 196 Å². The van der Waals surface area contributed by atoms with Crippen molar-refractivity contribution in [2.75, 3.05) is 26.2 Å². The molecule has 5 heteroatoms. The van der Waals surface area contributed by atoms with Gasteiger partial charge in [-0.05, 0) is 43.9 Å². The van der Waals surface area contributed by atoms with Gasteiger partial charge in [-0.3, -0.25) is 9.59 Å². The van der Waals surface area contributed by atoms with Crippen molar-refractivity contribution < 1.29 is 9.59 Å². The van der Waals surface area contributed by atoms with Gasteiger partial charge >= 0.3 is 0 Å². The Balaban J connectivity index is 1.30. The summed E-state index contributed by atoms with van der Waals surface area (Å²) in [6.07, 6.45) is 2.34. The molecule has 0 atom stereocenters.